The van der Waals surface area contributed by atoms with Crippen molar-refractivity contribution in [1.29, 1.82) is 5.26 Å². The number of hydrogen-bond acceptors (Lipinski definition) is 4. The number of halogens is 1. The molecule has 16 heavy (non-hydrogen) atoms. The van der Waals surface area contributed by atoms with Crippen molar-refractivity contribution in [3.05, 3.63) is 34.3 Å². The van der Waals surface area contributed by atoms with Gasteiger partial charge in [-0.2, -0.15) is 5.26 Å². The van der Waals surface area contributed by atoms with E-state index in [9.17, 15) is 10.2 Å². The van der Waals surface area contributed by atoms with Crippen LogP contribution in [0.15, 0.2) is 18.2 Å². The molecule has 86 valence electrons. The third kappa shape index (κ3) is 2.94. The van der Waals surface area contributed by atoms with Crippen LogP contribution in [0.3, 0.4) is 0 Å². The van der Waals surface area contributed by atoms with Crippen molar-refractivity contribution in [2.45, 2.75) is 12.2 Å². The van der Waals surface area contributed by atoms with Crippen molar-refractivity contribution >= 4 is 11.6 Å². The third-order valence-corrected chi connectivity index (χ3v) is 2.57. The van der Waals surface area contributed by atoms with Gasteiger partial charge in [0.1, 0.15) is 6.10 Å². The first-order chi connectivity index (χ1) is 7.60. The summed E-state index contributed by atoms with van der Waals surface area (Å²) >= 11 is 5.89. The summed E-state index contributed by atoms with van der Waals surface area (Å²) in [5.74, 6) is 0. The molecule has 2 unspecified atom stereocenters. The minimum absolute atomic E-state index is 0.244. The molecule has 1 aromatic rings. The number of rotatable bonds is 4. The van der Waals surface area contributed by atoms with Gasteiger partial charge in [0.05, 0.1) is 17.7 Å². The van der Waals surface area contributed by atoms with Crippen LogP contribution < -0.4 is 5.32 Å². The second-order valence-electron chi connectivity index (χ2n) is 3.42. The first-order valence-corrected chi connectivity index (χ1v) is 5.18. The number of aliphatic hydroxyl groups excluding tert-OH is 2. The van der Waals surface area contributed by atoms with E-state index < -0.39 is 12.2 Å². The second kappa shape index (κ2) is 5.83. The molecule has 2 atom stereocenters. The molecule has 0 radical (unpaired) electrons. The van der Waals surface area contributed by atoms with E-state index >= 15 is 0 Å². The van der Waals surface area contributed by atoms with Gasteiger partial charge in [-0.1, -0.05) is 11.6 Å². The number of nitriles is 1. The van der Waals surface area contributed by atoms with E-state index in [0.717, 1.165) is 0 Å². The van der Waals surface area contributed by atoms with Crippen molar-refractivity contribution < 1.29 is 10.2 Å². The number of likely N-dealkylation sites (N-methyl/N-ethyl adjacent to an activating group) is 1. The summed E-state index contributed by atoms with van der Waals surface area (Å²) < 4.78 is 0. The summed E-state index contributed by atoms with van der Waals surface area (Å²) in [4.78, 5) is 0. The highest BCUT2D eigenvalue weighted by Crippen LogP contribution is 2.26. The van der Waals surface area contributed by atoms with Crippen LogP contribution in [0.2, 0.25) is 5.02 Å². The number of hydrogen-bond donors (Lipinski definition) is 3. The normalized spacial score (nSPS) is 14.2. The summed E-state index contributed by atoms with van der Waals surface area (Å²) in [6.07, 6.45) is -2.07. The standard InChI is InChI=1S/C11H13ClN2O2/c1-14-6-10(15)11(16)8-4-7(5-13)2-3-9(8)12/h2-4,10-11,14-16H,6H2,1H3. The molecular weight excluding hydrogens is 228 g/mol. The Labute approximate surface area is 99.1 Å². The van der Waals surface area contributed by atoms with Crippen LogP contribution in [-0.4, -0.2) is 29.9 Å². The van der Waals surface area contributed by atoms with Crippen molar-refractivity contribution in [2.75, 3.05) is 13.6 Å². The SMILES string of the molecule is CNCC(O)C(O)c1cc(C#N)ccc1Cl. The van der Waals surface area contributed by atoms with Crippen LogP contribution in [0.1, 0.15) is 17.2 Å². The zero-order valence-corrected chi connectivity index (χ0v) is 9.57. The Bertz CT molecular complexity index is 403. The Hall–Kier alpha value is -1.12. The van der Waals surface area contributed by atoms with Gasteiger partial charge in [0.25, 0.3) is 0 Å². The van der Waals surface area contributed by atoms with Gasteiger partial charge in [0, 0.05) is 17.1 Å². The van der Waals surface area contributed by atoms with Gasteiger partial charge in [-0.15, -0.1) is 0 Å². The van der Waals surface area contributed by atoms with E-state index in [2.05, 4.69) is 5.32 Å². The summed E-state index contributed by atoms with van der Waals surface area (Å²) in [6, 6.07) is 6.52. The van der Waals surface area contributed by atoms with Crippen molar-refractivity contribution in [1.82, 2.24) is 5.32 Å². The second-order valence-corrected chi connectivity index (χ2v) is 3.83. The van der Waals surface area contributed by atoms with E-state index in [1.807, 2.05) is 6.07 Å². The summed E-state index contributed by atoms with van der Waals surface area (Å²) in [7, 11) is 1.67. The quantitative estimate of drug-likeness (QED) is 0.729. The van der Waals surface area contributed by atoms with Gasteiger partial charge in [0.2, 0.25) is 0 Å². The Morgan fingerprint density at radius 2 is 2.19 bits per heavy atom. The minimum atomic E-state index is -1.10. The zero-order chi connectivity index (χ0) is 12.1. The summed E-state index contributed by atoms with van der Waals surface area (Å²) in [6.45, 7) is 0.244. The van der Waals surface area contributed by atoms with E-state index in [0.29, 0.717) is 16.1 Å². The van der Waals surface area contributed by atoms with Crippen LogP contribution in [0.5, 0.6) is 0 Å². The molecule has 4 nitrogen and oxygen atoms in total. The molecule has 0 aliphatic carbocycles. The molecule has 3 N–H and O–H groups in total. The number of benzene rings is 1. The predicted octanol–water partition coefficient (Wildman–Crippen LogP) is 0.825. The lowest BCUT2D eigenvalue weighted by Gasteiger charge is -2.18. The molecule has 0 heterocycles. The third-order valence-electron chi connectivity index (χ3n) is 2.22. The fourth-order valence-corrected chi connectivity index (χ4v) is 1.60. The highest BCUT2D eigenvalue weighted by Gasteiger charge is 2.20. The Morgan fingerprint density at radius 1 is 1.50 bits per heavy atom. The average molecular weight is 241 g/mol. The molecule has 0 bridgehead atoms. The molecule has 5 heteroatoms. The van der Waals surface area contributed by atoms with Gasteiger partial charge in [-0.25, -0.2) is 0 Å². The molecule has 1 rings (SSSR count). The Kier molecular flexibility index (Phi) is 4.71. The van der Waals surface area contributed by atoms with Crippen molar-refractivity contribution in [2.24, 2.45) is 0 Å². The van der Waals surface area contributed by atoms with E-state index in [1.54, 1.807) is 13.1 Å². The Morgan fingerprint density at radius 3 is 2.75 bits per heavy atom. The van der Waals surface area contributed by atoms with Crippen LogP contribution in [0.4, 0.5) is 0 Å². The van der Waals surface area contributed by atoms with E-state index in [1.165, 1.54) is 12.1 Å². The molecule has 0 amide bonds. The smallest absolute Gasteiger partial charge is 0.108 e. The summed E-state index contributed by atoms with van der Waals surface area (Å²) in [5.41, 5.74) is 0.763. The maximum Gasteiger partial charge on any atom is 0.108 e. The van der Waals surface area contributed by atoms with Gasteiger partial charge in [-0.3, -0.25) is 0 Å². The molecule has 0 saturated heterocycles. The lowest BCUT2D eigenvalue weighted by molar-refractivity contribution is 0.0203. The largest absolute Gasteiger partial charge is 0.389 e. The van der Waals surface area contributed by atoms with Gasteiger partial charge < -0.3 is 15.5 Å². The minimum Gasteiger partial charge on any atom is -0.389 e. The number of nitrogens with one attached hydrogen (secondary N) is 1. The fourth-order valence-electron chi connectivity index (χ4n) is 1.37. The highest BCUT2D eigenvalue weighted by molar-refractivity contribution is 6.31. The monoisotopic (exact) mass is 240 g/mol. The molecule has 1 aromatic carbocycles. The number of nitrogens with zero attached hydrogens (tertiary/aromatic N) is 1. The molecular formula is C11H13ClN2O2. The molecule has 0 saturated carbocycles. The van der Waals surface area contributed by atoms with E-state index in [4.69, 9.17) is 16.9 Å². The van der Waals surface area contributed by atoms with Crippen molar-refractivity contribution in [3.8, 4) is 6.07 Å². The number of aliphatic hydroxyl groups is 2. The van der Waals surface area contributed by atoms with Crippen LogP contribution in [0.25, 0.3) is 0 Å². The average Bonchev–Trinajstić information content (AvgIpc) is 2.29. The fraction of sp³-hybridized carbons (Fsp3) is 0.364. The lowest BCUT2D eigenvalue weighted by Crippen LogP contribution is -2.29. The first kappa shape index (κ1) is 12.9. The van der Waals surface area contributed by atoms with E-state index in [-0.39, 0.29) is 6.54 Å². The van der Waals surface area contributed by atoms with Gasteiger partial charge in [-0.05, 0) is 25.2 Å². The van der Waals surface area contributed by atoms with Crippen LogP contribution in [0, 0.1) is 11.3 Å². The first-order valence-electron chi connectivity index (χ1n) is 4.80. The summed E-state index contributed by atoms with van der Waals surface area (Å²) in [5, 5.41) is 31.3. The molecule has 0 aliphatic rings. The maximum absolute atomic E-state index is 9.84. The predicted molar refractivity (Wildman–Crippen MR) is 61.1 cm³/mol. The van der Waals surface area contributed by atoms with Gasteiger partial charge in [0.15, 0.2) is 0 Å². The Balaban J connectivity index is 2.98. The molecule has 0 fully saturated rings. The maximum atomic E-state index is 9.84. The van der Waals surface area contributed by atoms with Crippen LogP contribution in [-0.2, 0) is 0 Å². The molecule has 0 spiro atoms. The highest BCUT2D eigenvalue weighted by atomic mass is 35.5. The van der Waals surface area contributed by atoms with Crippen LogP contribution >= 0.6 is 11.6 Å². The topological polar surface area (TPSA) is 76.3 Å². The lowest BCUT2D eigenvalue weighted by atomic mass is 10.0. The molecule has 0 aromatic heterocycles. The van der Waals surface area contributed by atoms with Crippen molar-refractivity contribution in [3.63, 3.8) is 0 Å². The molecule has 0 aliphatic heterocycles. The zero-order valence-electron chi connectivity index (χ0n) is 8.81. The van der Waals surface area contributed by atoms with Gasteiger partial charge >= 0.3 is 0 Å².